The van der Waals surface area contributed by atoms with Gasteiger partial charge in [0.25, 0.3) is 5.91 Å². The van der Waals surface area contributed by atoms with Gasteiger partial charge < -0.3 is 25.4 Å². The number of piperidine rings is 1. The molecule has 4 rings (SSSR count). The first kappa shape index (κ1) is 29.0. The van der Waals surface area contributed by atoms with Gasteiger partial charge >= 0.3 is 0 Å². The minimum absolute atomic E-state index is 0.0510. The lowest BCUT2D eigenvalue weighted by Gasteiger charge is -2.43. The second kappa shape index (κ2) is 13.9. The quantitative estimate of drug-likeness (QED) is 0.480. The van der Waals surface area contributed by atoms with Crippen molar-refractivity contribution in [3.8, 4) is 5.75 Å². The molecule has 8 nitrogen and oxygen atoms in total. The van der Waals surface area contributed by atoms with Gasteiger partial charge in [-0.3, -0.25) is 14.5 Å². The first-order chi connectivity index (χ1) is 18.9. The van der Waals surface area contributed by atoms with Gasteiger partial charge in [-0.1, -0.05) is 18.2 Å². The van der Waals surface area contributed by atoms with Crippen LogP contribution in [0.4, 0.5) is 4.39 Å². The van der Waals surface area contributed by atoms with Crippen LogP contribution in [0.3, 0.4) is 0 Å². The van der Waals surface area contributed by atoms with Gasteiger partial charge in [-0.2, -0.15) is 0 Å². The highest BCUT2D eigenvalue weighted by molar-refractivity contribution is 5.98. The van der Waals surface area contributed by atoms with E-state index in [-0.39, 0.29) is 35.8 Å². The predicted molar refractivity (Wildman–Crippen MR) is 148 cm³/mol. The van der Waals surface area contributed by atoms with Gasteiger partial charge in [-0.05, 0) is 74.4 Å². The molecule has 0 spiro atoms. The van der Waals surface area contributed by atoms with Crippen molar-refractivity contribution in [3.63, 3.8) is 0 Å². The third kappa shape index (κ3) is 7.77. The number of amides is 2. The summed E-state index contributed by atoms with van der Waals surface area (Å²) in [5.41, 5.74) is 7.56. The maximum Gasteiger partial charge on any atom is 0.254 e. The average Bonchev–Trinajstić information content (AvgIpc) is 2.96. The van der Waals surface area contributed by atoms with Crippen LogP contribution in [0, 0.1) is 5.82 Å². The summed E-state index contributed by atoms with van der Waals surface area (Å²) in [6.45, 7) is 2.24. The molecule has 2 aromatic rings. The van der Waals surface area contributed by atoms with E-state index in [0.717, 1.165) is 31.2 Å². The lowest BCUT2D eigenvalue weighted by Crippen LogP contribution is -2.58. The summed E-state index contributed by atoms with van der Waals surface area (Å²) in [7, 11) is 3.23. The normalized spacial score (nSPS) is 23.5. The van der Waals surface area contributed by atoms with E-state index in [1.807, 2.05) is 0 Å². The summed E-state index contributed by atoms with van der Waals surface area (Å²) in [4.78, 5) is 31.4. The lowest BCUT2D eigenvalue weighted by molar-refractivity contribution is -0.128. The molecule has 2 aromatic carbocycles. The fraction of sp³-hybridized carbons (Fsp3) is 0.533. The molecule has 39 heavy (non-hydrogen) atoms. The van der Waals surface area contributed by atoms with Crippen molar-refractivity contribution in [3.05, 3.63) is 65.5 Å². The largest absolute Gasteiger partial charge is 0.497 e. The first-order valence-corrected chi connectivity index (χ1v) is 13.9. The van der Waals surface area contributed by atoms with Gasteiger partial charge in [0.2, 0.25) is 5.91 Å². The summed E-state index contributed by atoms with van der Waals surface area (Å²) in [5.74, 6) is 0.0253. The fourth-order valence-corrected chi connectivity index (χ4v) is 5.68. The summed E-state index contributed by atoms with van der Waals surface area (Å²) >= 11 is 0. The van der Waals surface area contributed by atoms with Crippen LogP contribution in [-0.4, -0.2) is 79.7 Å². The van der Waals surface area contributed by atoms with Gasteiger partial charge in [0.15, 0.2) is 0 Å². The standard InChI is InChI=1S/C30H41FN4O4/c1-38-17-16-34(20-21-6-8-23(31)9-7-21)26-14-15-35(30(37)22-4-3-5-27(18-22)39-2)28(19-26)29(36)33-25-12-10-24(32)11-13-25/h3-9,18,24-26,28H,10-17,19-20,32H2,1-2H3,(H,33,36)/t24?,25?,26?,28-/m1/s1. The topological polar surface area (TPSA) is 97.1 Å². The number of carbonyl (C=O) groups is 2. The zero-order valence-corrected chi connectivity index (χ0v) is 23.0. The van der Waals surface area contributed by atoms with E-state index in [4.69, 9.17) is 15.2 Å². The molecule has 1 aliphatic heterocycles. The van der Waals surface area contributed by atoms with Crippen LogP contribution in [0.1, 0.15) is 54.4 Å². The summed E-state index contributed by atoms with van der Waals surface area (Å²) in [6.07, 6.45) is 4.66. The van der Waals surface area contributed by atoms with E-state index in [1.165, 1.54) is 12.1 Å². The number of benzene rings is 2. The van der Waals surface area contributed by atoms with Crippen molar-refractivity contribution in [2.24, 2.45) is 5.73 Å². The van der Waals surface area contributed by atoms with Crippen molar-refractivity contribution in [1.82, 2.24) is 15.1 Å². The number of likely N-dealkylation sites (tertiary alicyclic amines) is 1. The van der Waals surface area contributed by atoms with Crippen molar-refractivity contribution in [2.75, 3.05) is 33.9 Å². The number of hydrogen-bond donors (Lipinski definition) is 2. The average molecular weight is 541 g/mol. The second-order valence-electron chi connectivity index (χ2n) is 10.6. The number of hydrogen-bond acceptors (Lipinski definition) is 6. The Balaban J connectivity index is 1.55. The molecule has 9 heteroatoms. The molecule has 3 N–H and O–H groups in total. The Kier molecular flexibility index (Phi) is 10.3. The van der Waals surface area contributed by atoms with Crippen LogP contribution >= 0.6 is 0 Å². The number of nitrogens with two attached hydrogens (primary N) is 1. The van der Waals surface area contributed by atoms with Crippen LogP contribution < -0.4 is 15.8 Å². The Labute approximate surface area is 230 Å². The Morgan fingerprint density at radius 2 is 1.82 bits per heavy atom. The van der Waals surface area contributed by atoms with Gasteiger partial charge in [-0.25, -0.2) is 4.39 Å². The van der Waals surface area contributed by atoms with Crippen molar-refractivity contribution < 1.29 is 23.5 Å². The third-order valence-corrected chi connectivity index (χ3v) is 7.97. The SMILES string of the molecule is COCCN(Cc1ccc(F)cc1)C1CCN(C(=O)c2cccc(OC)c2)[C@@H](C(=O)NC2CCC(N)CC2)C1. The Bertz CT molecular complexity index is 1090. The molecule has 1 unspecified atom stereocenters. The molecular weight excluding hydrogens is 499 g/mol. The van der Waals surface area contributed by atoms with E-state index in [0.29, 0.717) is 50.4 Å². The van der Waals surface area contributed by atoms with Gasteiger partial charge in [-0.15, -0.1) is 0 Å². The molecule has 0 aromatic heterocycles. The fourth-order valence-electron chi connectivity index (χ4n) is 5.68. The molecule has 1 saturated heterocycles. The van der Waals surface area contributed by atoms with Crippen LogP contribution in [0.15, 0.2) is 48.5 Å². The second-order valence-corrected chi connectivity index (χ2v) is 10.6. The summed E-state index contributed by atoms with van der Waals surface area (Å²) in [6, 6.07) is 13.2. The lowest BCUT2D eigenvalue weighted by atomic mass is 9.90. The highest BCUT2D eigenvalue weighted by Gasteiger charge is 2.39. The highest BCUT2D eigenvalue weighted by atomic mass is 19.1. The van der Waals surface area contributed by atoms with Crippen LogP contribution in [0.5, 0.6) is 5.75 Å². The van der Waals surface area contributed by atoms with Crippen LogP contribution in [-0.2, 0) is 16.1 Å². The molecule has 0 bridgehead atoms. The minimum Gasteiger partial charge on any atom is -0.497 e. The zero-order chi connectivity index (χ0) is 27.8. The number of carbonyl (C=O) groups excluding carboxylic acids is 2. The number of rotatable bonds is 10. The van der Waals surface area contributed by atoms with Crippen LogP contribution in [0.25, 0.3) is 0 Å². The first-order valence-electron chi connectivity index (χ1n) is 13.9. The molecule has 1 saturated carbocycles. The Hall–Kier alpha value is -3.01. The van der Waals surface area contributed by atoms with E-state index >= 15 is 0 Å². The van der Waals surface area contributed by atoms with E-state index in [1.54, 1.807) is 55.5 Å². The number of halogens is 1. The van der Waals surface area contributed by atoms with Crippen molar-refractivity contribution in [2.45, 2.75) is 69.2 Å². The van der Waals surface area contributed by atoms with E-state index < -0.39 is 6.04 Å². The molecule has 2 aliphatic rings. The summed E-state index contributed by atoms with van der Waals surface area (Å²) in [5, 5.41) is 3.23. The minimum atomic E-state index is -0.615. The van der Waals surface area contributed by atoms with E-state index in [2.05, 4.69) is 10.2 Å². The third-order valence-electron chi connectivity index (χ3n) is 7.97. The number of ether oxygens (including phenoxy) is 2. The van der Waals surface area contributed by atoms with Crippen molar-refractivity contribution in [1.29, 1.82) is 0 Å². The maximum absolute atomic E-state index is 13.7. The molecule has 2 amide bonds. The molecule has 0 radical (unpaired) electrons. The number of methoxy groups -OCH3 is 2. The molecule has 212 valence electrons. The predicted octanol–water partition coefficient (Wildman–Crippen LogP) is 3.34. The van der Waals surface area contributed by atoms with E-state index in [9.17, 15) is 14.0 Å². The molecule has 2 atom stereocenters. The molecule has 1 aliphatic carbocycles. The van der Waals surface area contributed by atoms with Gasteiger partial charge in [0.1, 0.15) is 17.6 Å². The number of nitrogens with zero attached hydrogens (tertiary/aromatic N) is 2. The smallest absolute Gasteiger partial charge is 0.254 e. The van der Waals surface area contributed by atoms with Gasteiger partial charge in [0, 0.05) is 50.4 Å². The molecule has 2 fully saturated rings. The molecular formula is C30H41FN4O4. The summed E-state index contributed by atoms with van der Waals surface area (Å²) < 4.78 is 24.2. The van der Waals surface area contributed by atoms with Gasteiger partial charge in [0.05, 0.1) is 13.7 Å². The highest BCUT2D eigenvalue weighted by Crippen LogP contribution is 2.27. The van der Waals surface area contributed by atoms with Crippen LogP contribution in [0.2, 0.25) is 0 Å². The Morgan fingerprint density at radius 1 is 1.08 bits per heavy atom. The molecule has 1 heterocycles. The Morgan fingerprint density at radius 3 is 2.51 bits per heavy atom. The maximum atomic E-state index is 13.7. The number of nitrogens with one attached hydrogen (secondary N) is 1. The monoisotopic (exact) mass is 540 g/mol. The zero-order valence-electron chi connectivity index (χ0n) is 23.0. The van der Waals surface area contributed by atoms with Crippen molar-refractivity contribution >= 4 is 11.8 Å².